The van der Waals surface area contributed by atoms with E-state index in [4.69, 9.17) is 23.7 Å². The second kappa shape index (κ2) is 16.5. The molecule has 218 valence electrons. The van der Waals surface area contributed by atoms with E-state index in [1.165, 1.54) is 26.5 Å². The van der Waals surface area contributed by atoms with Gasteiger partial charge in [-0.1, -0.05) is 38.7 Å². The van der Waals surface area contributed by atoms with Crippen LogP contribution in [0.4, 0.5) is 18.0 Å². The minimum absolute atomic E-state index is 0.0225. The van der Waals surface area contributed by atoms with Crippen molar-refractivity contribution in [1.29, 1.82) is 0 Å². The lowest BCUT2D eigenvalue weighted by molar-refractivity contribution is -0.139. The van der Waals surface area contributed by atoms with Crippen LogP contribution in [0.5, 0.6) is 5.75 Å². The van der Waals surface area contributed by atoms with Gasteiger partial charge in [-0.05, 0) is 63.8 Å². The monoisotopic (exact) mass is 547 g/mol. The van der Waals surface area contributed by atoms with Crippen molar-refractivity contribution >= 4 is 6.09 Å². The Morgan fingerprint density at radius 2 is 1.76 bits per heavy atom. The number of ether oxygens (including phenoxy) is 5. The molecular weight excluding hydrogens is 503 g/mol. The van der Waals surface area contributed by atoms with Gasteiger partial charge in [-0.15, -0.1) is 0 Å². The number of aryl methyl sites for hydroxylation is 1. The third kappa shape index (κ3) is 13.4. The minimum atomic E-state index is -4.57. The van der Waals surface area contributed by atoms with E-state index in [2.05, 4.69) is 12.2 Å². The summed E-state index contributed by atoms with van der Waals surface area (Å²) in [5.74, 6) is -0.183. The lowest BCUT2D eigenvalue weighted by atomic mass is 9.91. The zero-order valence-electron chi connectivity index (χ0n) is 23.5. The number of hydrogen-bond acceptors (Lipinski definition) is 6. The molecule has 1 aromatic rings. The standard InChI is InChI=1S/C28H44F3NO6/c1-7-8-9-10-11-17-37-24-13-12-22(19-23(24)28(29,30)31)14-15-27(16-18-34-5,20-36-21-35-6)32-25(33)38-26(2,3)4/h12-13,16,18-19H,7-11,14-15,17,20-21H2,1-6H3,(H,32,33). The second-order valence-corrected chi connectivity index (χ2v) is 10.2. The number of alkyl carbamates (subject to hydrolysis) is 1. The van der Waals surface area contributed by atoms with E-state index in [1.54, 1.807) is 32.9 Å². The maximum absolute atomic E-state index is 13.9. The summed E-state index contributed by atoms with van der Waals surface area (Å²) in [4.78, 5) is 12.6. The molecule has 1 N–H and O–H groups in total. The zero-order chi connectivity index (χ0) is 28.7. The summed E-state index contributed by atoms with van der Waals surface area (Å²) >= 11 is 0. The third-order valence-corrected chi connectivity index (χ3v) is 5.55. The van der Waals surface area contributed by atoms with Gasteiger partial charge < -0.3 is 29.0 Å². The number of halogens is 3. The molecule has 1 aromatic carbocycles. The Balaban J connectivity index is 3.12. The van der Waals surface area contributed by atoms with Crippen molar-refractivity contribution in [3.05, 3.63) is 41.7 Å². The van der Waals surface area contributed by atoms with Crippen molar-refractivity contribution in [1.82, 2.24) is 5.32 Å². The molecule has 1 amide bonds. The Morgan fingerprint density at radius 1 is 1.05 bits per heavy atom. The van der Waals surface area contributed by atoms with Crippen LogP contribution in [0.2, 0.25) is 0 Å². The molecule has 0 aliphatic carbocycles. The lowest BCUT2D eigenvalue weighted by Gasteiger charge is -2.33. The van der Waals surface area contributed by atoms with E-state index in [0.29, 0.717) is 12.0 Å². The molecule has 0 heterocycles. The molecule has 38 heavy (non-hydrogen) atoms. The maximum Gasteiger partial charge on any atom is 0.419 e. The second-order valence-electron chi connectivity index (χ2n) is 10.2. The van der Waals surface area contributed by atoms with E-state index < -0.39 is 29.0 Å². The van der Waals surface area contributed by atoms with Gasteiger partial charge in [0.2, 0.25) is 0 Å². The number of rotatable bonds is 17. The molecule has 0 fully saturated rings. The average molecular weight is 548 g/mol. The van der Waals surface area contributed by atoms with Crippen molar-refractivity contribution in [3.63, 3.8) is 0 Å². The first-order valence-electron chi connectivity index (χ1n) is 13.0. The summed E-state index contributed by atoms with van der Waals surface area (Å²) in [5.41, 5.74) is -2.28. The number of hydrogen-bond donors (Lipinski definition) is 1. The number of unbranched alkanes of at least 4 members (excludes halogenated alkanes) is 4. The molecule has 0 spiro atoms. The third-order valence-electron chi connectivity index (χ3n) is 5.55. The van der Waals surface area contributed by atoms with E-state index in [-0.39, 0.29) is 38.6 Å². The van der Waals surface area contributed by atoms with Gasteiger partial charge in [0.15, 0.2) is 0 Å². The van der Waals surface area contributed by atoms with E-state index in [9.17, 15) is 18.0 Å². The molecule has 0 aliphatic heterocycles. The molecule has 1 rings (SSSR count). The molecule has 0 radical (unpaired) electrons. The fourth-order valence-corrected chi connectivity index (χ4v) is 3.69. The average Bonchev–Trinajstić information content (AvgIpc) is 2.82. The van der Waals surface area contributed by atoms with Crippen LogP contribution in [0.3, 0.4) is 0 Å². The highest BCUT2D eigenvalue weighted by Crippen LogP contribution is 2.37. The Kier molecular flexibility index (Phi) is 14.6. The fourth-order valence-electron chi connectivity index (χ4n) is 3.69. The van der Waals surface area contributed by atoms with Gasteiger partial charge >= 0.3 is 12.3 Å². The minimum Gasteiger partial charge on any atom is -0.505 e. The van der Waals surface area contributed by atoms with Crippen LogP contribution in [0.15, 0.2) is 30.5 Å². The number of methoxy groups -OCH3 is 2. The number of amides is 1. The van der Waals surface area contributed by atoms with E-state index in [0.717, 1.165) is 31.7 Å². The Bertz CT molecular complexity index is 854. The molecule has 10 heteroatoms. The summed E-state index contributed by atoms with van der Waals surface area (Å²) in [6, 6.07) is 4.07. The van der Waals surface area contributed by atoms with Gasteiger partial charge in [-0.3, -0.25) is 0 Å². The molecule has 0 saturated heterocycles. The van der Waals surface area contributed by atoms with Crippen molar-refractivity contribution in [2.24, 2.45) is 0 Å². The first-order chi connectivity index (χ1) is 17.9. The summed E-state index contributed by atoms with van der Waals surface area (Å²) in [5, 5.41) is 2.80. The van der Waals surface area contributed by atoms with Gasteiger partial charge in [-0.2, -0.15) is 13.2 Å². The molecule has 0 bridgehead atoms. The molecular formula is C28H44F3NO6. The van der Waals surface area contributed by atoms with Gasteiger partial charge in [0.25, 0.3) is 0 Å². The highest BCUT2D eigenvalue weighted by molar-refractivity contribution is 5.69. The number of alkyl halides is 3. The van der Waals surface area contributed by atoms with Crippen LogP contribution in [-0.4, -0.2) is 51.5 Å². The van der Waals surface area contributed by atoms with E-state index in [1.807, 2.05) is 0 Å². The van der Waals surface area contributed by atoms with Gasteiger partial charge in [0.1, 0.15) is 18.1 Å². The topological polar surface area (TPSA) is 75.3 Å². The molecule has 0 aliphatic rings. The van der Waals surface area contributed by atoms with Crippen molar-refractivity contribution < 1.29 is 41.7 Å². The van der Waals surface area contributed by atoms with Gasteiger partial charge in [-0.25, -0.2) is 4.79 Å². The van der Waals surface area contributed by atoms with Crippen LogP contribution in [0.25, 0.3) is 0 Å². The Hall–Kier alpha value is -2.46. The predicted molar refractivity (Wildman–Crippen MR) is 140 cm³/mol. The quantitative estimate of drug-likeness (QED) is 0.128. The first kappa shape index (κ1) is 33.6. The number of carbonyl (C=O) groups is 1. The van der Waals surface area contributed by atoms with Gasteiger partial charge in [0.05, 0.1) is 37.7 Å². The summed E-state index contributed by atoms with van der Waals surface area (Å²) in [7, 11) is 2.91. The predicted octanol–water partition coefficient (Wildman–Crippen LogP) is 7.03. The van der Waals surface area contributed by atoms with E-state index >= 15 is 0 Å². The van der Waals surface area contributed by atoms with Crippen LogP contribution in [-0.2, 0) is 31.5 Å². The van der Waals surface area contributed by atoms with Crippen molar-refractivity contribution in [3.8, 4) is 5.75 Å². The molecule has 0 aromatic heterocycles. The highest BCUT2D eigenvalue weighted by atomic mass is 19.4. The SMILES string of the molecule is CCCCCCCOc1ccc(CCC(C=COC)(COCOC)NC(=O)OC(C)(C)C)cc1C(F)(F)F. The number of benzene rings is 1. The van der Waals surface area contributed by atoms with Crippen molar-refractivity contribution in [2.75, 3.05) is 34.2 Å². The largest absolute Gasteiger partial charge is 0.505 e. The number of nitrogens with one attached hydrogen (secondary N) is 1. The smallest absolute Gasteiger partial charge is 0.419 e. The van der Waals surface area contributed by atoms with Crippen LogP contribution in [0, 0.1) is 0 Å². The van der Waals surface area contributed by atoms with Crippen LogP contribution in [0.1, 0.15) is 77.3 Å². The lowest BCUT2D eigenvalue weighted by Crippen LogP contribution is -2.52. The number of carbonyl (C=O) groups excluding carboxylic acids is 1. The zero-order valence-corrected chi connectivity index (χ0v) is 23.5. The first-order valence-corrected chi connectivity index (χ1v) is 13.0. The summed E-state index contributed by atoms with van der Waals surface area (Å²) in [6.45, 7) is 7.46. The molecule has 1 atom stereocenters. The normalized spacial score (nSPS) is 13.8. The van der Waals surface area contributed by atoms with Gasteiger partial charge in [0, 0.05) is 7.11 Å². The molecule has 1 unspecified atom stereocenters. The summed E-state index contributed by atoms with van der Waals surface area (Å²) in [6.07, 6.45) is 2.94. The van der Waals surface area contributed by atoms with Crippen LogP contribution >= 0.6 is 0 Å². The van der Waals surface area contributed by atoms with Crippen molar-refractivity contribution in [2.45, 2.75) is 90.0 Å². The maximum atomic E-state index is 13.9. The molecule has 7 nitrogen and oxygen atoms in total. The Morgan fingerprint density at radius 3 is 2.37 bits per heavy atom. The Labute approximate surface area is 225 Å². The summed E-state index contributed by atoms with van der Waals surface area (Å²) < 4.78 is 68.1. The fraction of sp³-hybridized carbons (Fsp3) is 0.679. The molecule has 0 saturated carbocycles. The van der Waals surface area contributed by atoms with Crippen LogP contribution < -0.4 is 10.1 Å². The highest BCUT2D eigenvalue weighted by Gasteiger charge is 2.36.